The van der Waals surface area contributed by atoms with Gasteiger partial charge in [-0.1, -0.05) is 19.3 Å². The second kappa shape index (κ2) is 6.03. The predicted octanol–water partition coefficient (Wildman–Crippen LogP) is 2.80. The molecular formula is C17H23N3O. The molecule has 0 spiro atoms. The van der Waals surface area contributed by atoms with Crippen molar-refractivity contribution in [3.05, 3.63) is 22.9 Å². The third-order valence-electron chi connectivity index (χ3n) is 5.05. The van der Waals surface area contributed by atoms with Gasteiger partial charge in [0.05, 0.1) is 12.2 Å². The zero-order valence-electron chi connectivity index (χ0n) is 12.5. The van der Waals surface area contributed by atoms with E-state index in [4.69, 9.17) is 0 Å². The molecule has 0 aromatic carbocycles. The van der Waals surface area contributed by atoms with Crippen LogP contribution < -0.4 is 5.32 Å². The van der Waals surface area contributed by atoms with Crippen LogP contribution in [0.25, 0.3) is 0 Å². The second-order valence-corrected chi connectivity index (χ2v) is 6.53. The summed E-state index contributed by atoms with van der Waals surface area (Å²) in [5.74, 6) is 0.705. The smallest absolute Gasteiger partial charge is 0.144 e. The number of rotatable bonds is 4. The van der Waals surface area contributed by atoms with Gasteiger partial charge >= 0.3 is 0 Å². The lowest BCUT2D eigenvalue weighted by atomic mass is 9.74. The molecule has 1 fully saturated rings. The number of aryl methyl sites for hydroxylation is 2. The molecule has 4 heteroatoms. The van der Waals surface area contributed by atoms with Crippen molar-refractivity contribution in [1.82, 2.24) is 4.98 Å². The van der Waals surface area contributed by atoms with Crippen LogP contribution in [-0.2, 0) is 12.8 Å². The summed E-state index contributed by atoms with van der Waals surface area (Å²) < 4.78 is 0. The summed E-state index contributed by atoms with van der Waals surface area (Å²) in [5, 5.41) is 22.5. The fourth-order valence-electron chi connectivity index (χ4n) is 3.66. The van der Waals surface area contributed by atoms with Gasteiger partial charge in [0.25, 0.3) is 0 Å². The first-order valence-electron chi connectivity index (χ1n) is 8.04. The van der Waals surface area contributed by atoms with Crippen LogP contribution >= 0.6 is 0 Å². The molecule has 1 aromatic rings. The average molecular weight is 285 g/mol. The molecule has 0 atom stereocenters. The van der Waals surface area contributed by atoms with Crippen LogP contribution in [-0.4, -0.2) is 23.2 Å². The van der Waals surface area contributed by atoms with E-state index in [2.05, 4.69) is 16.4 Å². The normalized spacial score (nSPS) is 19.8. The van der Waals surface area contributed by atoms with Crippen LogP contribution in [0.1, 0.15) is 55.3 Å². The summed E-state index contributed by atoms with van der Waals surface area (Å²) in [5.41, 5.74) is 2.97. The number of fused-ring (bicyclic) bond motifs is 1. The maximum absolute atomic E-state index is 9.78. The van der Waals surface area contributed by atoms with E-state index in [9.17, 15) is 10.4 Å². The molecule has 1 aromatic heterocycles. The van der Waals surface area contributed by atoms with Crippen LogP contribution in [0.4, 0.5) is 5.82 Å². The molecule has 0 saturated heterocycles. The molecule has 4 nitrogen and oxygen atoms in total. The lowest BCUT2D eigenvalue weighted by molar-refractivity contribution is 0.0943. The Hall–Kier alpha value is -1.60. The molecule has 112 valence electrons. The van der Waals surface area contributed by atoms with Crippen molar-refractivity contribution < 1.29 is 5.11 Å². The molecule has 1 saturated carbocycles. The quantitative estimate of drug-likeness (QED) is 0.892. The topological polar surface area (TPSA) is 68.9 Å². The summed E-state index contributed by atoms with van der Waals surface area (Å²) in [6, 6.07) is 4.25. The van der Waals surface area contributed by atoms with Gasteiger partial charge in [-0.2, -0.15) is 5.26 Å². The standard InChI is InChI=1S/C17H23N3O/c18-10-14-9-13-5-4-6-15(13)20-16(14)19-11-17(12-21)7-2-1-3-8-17/h9,21H,1-8,11-12H2,(H,19,20). The molecule has 0 unspecified atom stereocenters. The zero-order valence-corrected chi connectivity index (χ0v) is 12.5. The Morgan fingerprint density at radius 1 is 1.24 bits per heavy atom. The minimum atomic E-state index is -0.0360. The molecule has 0 amide bonds. The van der Waals surface area contributed by atoms with Crippen LogP contribution in [0.2, 0.25) is 0 Å². The molecule has 2 aliphatic rings. The number of aromatic nitrogens is 1. The van der Waals surface area contributed by atoms with Crippen LogP contribution in [0.15, 0.2) is 6.07 Å². The summed E-state index contributed by atoms with van der Waals surface area (Å²) in [6.45, 7) is 0.927. The van der Waals surface area contributed by atoms with Gasteiger partial charge < -0.3 is 10.4 Å². The van der Waals surface area contributed by atoms with Crippen molar-refractivity contribution in [3.63, 3.8) is 0 Å². The largest absolute Gasteiger partial charge is 0.396 e. The van der Waals surface area contributed by atoms with E-state index in [1.807, 2.05) is 6.07 Å². The van der Waals surface area contributed by atoms with E-state index in [0.29, 0.717) is 17.9 Å². The molecule has 2 aliphatic carbocycles. The fourth-order valence-corrected chi connectivity index (χ4v) is 3.66. The number of nitrogens with zero attached hydrogens (tertiary/aromatic N) is 2. The summed E-state index contributed by atoms with van der Waals surface area (Å²) in [7, 11) is 0. The number of hydrogen-bond donors (Lipinski definition) is 2. The Balaban J connectivity index is 1.77. The molecule has 0 radical (unpaired) electrons. The Labute approximate surface area is 126 Å². The number of aliphatic hydroxyl groups is 1. The van der Waals surface area contributed by atoms with Crippen molar-refractivity contribution in [2.75, 3.05) is 18.5 Å². The number of anilines is 1. The minimum absolute atomic E-state index is 0.0360. The third kappa shape index (κ3) is 2.89. The van der Waals surface area contributed by atoms with Gasteiger partial charge in [0.15, 0.2) is 0 Å². The van der Waals surface area contributed by atoms with Gasteiger partial charge in [0.1, 0.15) is 11.9 Å². The van der Waals surface area contributed by atoms with Gasteiger partial charge in [-0.25, -0.2) is 4.98 Å². The first-order chi connectivity index (χ1) is 10.3. The number of aliphatic hydroxyl groups excluding tert-OH is 1. The predicted molar refractivity (Wildman–Crippen MR) is 82.1 cm³/mol. The van der Waals surface area contributed by atoms with E-state index in [1.54, 1.807) is 0 Å². The summed E-state index contributed by atoms with van der Waals surface area (Å²) in [4.78, 5) is 4.66. The fraction of sp³-hybridized carbons (Fsp3) is 0.647. The van der Waals surface area contributed by atoms with Crippen molar-refractivity contribution in [3.8, 4) is 6.07 Å². The first kappa shape index (κ1) is 14.3. The molecule has 3 rings (SSSR count). The van der Waals surface area contributed by atoms with Crippen molar-refractivity contribution in [2.45, 2.75) is 51.4 Å². The molecule has 2 N–H and O–H groups in total. The lowest BCUT2D eigenvalue weighted by Crippen LogP contribution is -2.36. The van der Waals surface area contributed by atoms with Crippen LogP contribution in [0.3, 0.4) is 0 Å². The Kier molecular flexibility index (Phi) is 4.12. The number of pyridine rings is 1. The number of nitriles is 1. The average Bonchev–Trinajstić information content (AvgIpc) is 3.00. The Morgan fingerprint density at radius 2 is 2.05 bits per heavy atom. The van der Waals surface area contributed by atoms with Crippen LogP contribution in [0.5, 0.6) is 0 Å². The SMILES string of the molecule is N#Cc1cc2c(nc1NCC1(CO)CCCCC1)CCC2. The van der Waals surface area contributed by atoms with Gasteiger partial charge in [-0.3, -0.25) is 0 Å². The van der Waals surface area contributed by atoms with E-state index in [0.717, 1.165) is 37.8 Å². The van der Waals surface area contributed by atoms with Crippen molar-refractivity contribution in [1.29, 1.82) is 5.26 Å². The van der Waals surface area contributed by atoms with Crippen molar-refractivity contribution >= 4 is 5.82 Å². The molecular weight excluding hydrogens is 262 g/mol. The highest BCUT2D eigenvalue weighted by molar-refractivity contribution is 5.55. The second-order valence-electron chi connectivity index (χ2n) is 6.53. The monoisotopic (exact) mass is 285 g/mol. The first-order valence-corrected chi connectivity index (χ1v) is 8.04. The van der Waals surface area contributed by atoms with E-state index >= 15 is 0 Å². The van der Waals surface area contributed by atoms with Crippen LogP contribution in [0, 0.1) is 16.7 Å². The summed E-state index contributed by atoms with van der Waals surface area (Å²) >= 11 is 0. The highest BCUT2D eigenvalue weighted by Crippen LogP contribution is 2.36. The van der Waals surface area contributed by atoms with Crippen molar-refractivity contribution in [2.24, 2.45) is 5.41 Å². The van der Waals surface area contributed by atoms with Gasteiger partial charge in [0.2, 0.25) is 0 Å². The maximum atomic E-state index is 9.78. The Bertz CT molecular complexity index is 556. The molecule has 0 bridgehead atoms. The van der Waals surface area contributed by atoms with E-state index in [-0.39, 0.29) is 12.0 Å². The summed E-state index contributed by atoms with van der Waals surface area (Å²) in [6.07, 6.45) is 8.95. The molecule has 1 heterocycles. The highest BCUT2D eigenvalue weighted by atomic mass is 16.3. The number of hydrogen-bond acceptors (Lipinski definition) is 4. The van der Waals surface area contributed by atoms with Gasteiger partial charge in [0, 0.05) is 17.7 Å². The van der Waals surface area contributed by atoms with Gasteiger partial charge in [-0.15, -0.1) is 0 Å². The minimum Gasteiger partial charge on any atom is -0.396 e. The highest BCUT2D eigenvalue weighted by Gasteiger charge is 2.31. The Morgan fingerprint density at radius 3 is 2.76 bits per heavy atom. The maximum Gasteiger partial charge on any atom is 0.144 e. The molecule has 0 aliphatic heterocycles. The zero-order chi connectivity index (χ0) is 14.7. The van der Waals surface area contributed by atoms with E-state index in [1.165, 1.54) is 24.8 Å². The molecule has 21 heavy (non-hydrogen) atoms. The third-order valence-corrected chi connectivity index (χ3v) is 5.05. The van der Waals surface area contributed by atoms with Gasteiger partial charge in [-0.05, 0) is 43.7 Å². The lowest BCUT2D eigenvalue weighted by Gasteiger charge is -2.36. The van der Waals surface area contributed by atoms with E-state index < -0.39 is 0 Å². The number of nitrogens with one attached hydrogen (secondary N) is 1.